The molecule has 3 aromatic carbocycles. The minimum atomic E-state index is -3.50. The second-order valence-electron chi connectivity index (χ2n) is 8.72. The average Bonchev–Trinajstić information content (AvgIpc) is 3.32. The molecule has 0 spiro atoms. The fraction of sp³-hybridized carbons (Fsp3) is 0.370. The van der Waals surface area contributed by atoms with Crippen molar-refractivity contribution >= 4 is 28.6 Å². The summed E-state index contributed by atoms with van der Waals surface area (Å²) >= 11 is 1.05. The van der Waals surface area contributed by atoms with Crippen LogP contribution < -0.4 is 15.2 Å². The third kappa shape index (κ3) is 5.87. The summed E-state index contributed by atoms with van der Waals surface area (Å²) in [5, 5.41) is 1.95. The molecule has 0 saturated heterocycles. The third-order valence-corrected chi connectivity index (χ3v) is 7.13. The first-order valence-electron chi connectivity index (χ1n) is 11.8. The fourth-order valence-corrected chi connectivity index (χ4v) is 5.42. The van der Waals surface area contributed by atoms with Crippen molar-refractivity contribution in [2.75, 3.05) is 13.7 Å². The Labute approximate surface area is 208 Å². The summed E-state index contributed by atoms with van der Waals surface area (Å²) < 4.78 is 43.4. The van der Waals surface area contributed by atoms with Crippen molar-refractivity contribution in [3.63, 3.8) is 0 Å². The number of primary amides is 1. The lowest BCUT2D eigenvalue weighted by Crippen LogP contribution is -2.50. The van der Waals surface area contributed by atoms with Gasteiger partial charge in [-0.1, -0.05) is 12.1 Å². The molecule has 1 fully saturated rings. The first-order valence-corrected chi connectivity index (χ1v) is 12.6. The number of amides is 1. The molecule has 1 atom stereocenters. The van der Waals surface area contributed by atoms with Gasteiger partial charge in [-0.2, -0.15) is 8.78 Å². The summed E-state index contributed by atoms with van der Waals surface area (Å²) in [5.41, 5.74) is 5.15. The molecule has 1 amide bonds. The minimum absolute atomic E-state index is 0.277. The Bertz CT molecular complexity index is 1170. The number of likely N-dealkylation sites (N-methyl/N-ethyl adjacent to an activating group) is 1. The van der Waals surface area contributed by atoms with Gasteiger partial charge in [0.15, 0.2) is 6.04 Å². The maximum absolute atomic E-state index is 15.4. The van der Waals surface area contributed by atoms with Crippen molar-refractivity contribution in [3.05, 3.63) is 66.2 Å². The van der Waals surface area contributed by atoms with Crippen molar-refractivity contribution in [2.24, 2.45) is 5.73 Å². The second kappa shape index (κ2) is 10.8. The van der Waals surface area contributed by atoms with Crippen LogP contribution in [0, 0.1) is 0 Å². The highest BCUT2D eigenvalue weighted by molar-refractivity contribution is 7.97. The Kier molecular flexibility index (Phi) is 7.82. The van der Waals surface area contributed by atoms with Gasteiger partial charge in [0.2, 0.25) is 5.91 Å². The van der Waals surface area contributed by atoms with E-state index in [1.165, 1.54) is 48.5 Å². The van der Waals surface area contributed by atoms with Crippen LogP contribution in [0.3, 0.4) is 0 Å². The second-order valence-corrected chi connectivity index (χ2v) is 9.95. The zero-order chi connectivity index (χ0) is 25.0. The van der Waals surface area contributed by atoms with E-state index < -0.39 is 17.9 Å². The number of hydrogen-bond acceptors (Lipinski definition) is 5. The summed E-state index contributed by atoms with van der Waals surface area (Å²) in [6, 6.07) is 15.2. The molecule has 0 radical (unpaired) electrons. The first-order chi connectivity index (χ1) is 16.8. The predicted molar refractivity (Wildman–Crippen MR) is 135 cm³/mol. The van der Waals surface area contributed by atoms with E-state index in [-0.39, 0.29) is 11.7 Å². The molecule has 1 unspecified atom stereocenters. The Hall–Kier alpha value is -2.84. The SMILES string of the molecule is CCOc1ccc(C(F)(F)C(C(N)=O)N(C)Sc2ccc3cc(OC4CCCC4)ccc3c2)cc1. The standard InChI is InChI=1S/C27H30F2N2O3S/c1-3-33-21-13-10-20(11-14-21)27(28,29)25(26(30)32)31(2)35-24-15-9-18-16-23(12-8-19(18)17-24)34-22-6-4-5-7-22/h8-17,22,25H,3-7H2,1-2H3,(H2,30,32). The number of carbonyl (C=O) groups is 1. The number of benzene rings is 3. The number of rotatable bonds is 10. The molecule has 3 aromatic rings. The largest absolute Gasteiger partial charge is 0.494 e. The van der Waals surface area contributed by atoms with E-state index >= 15 is 8.78 Å². The van der Waals surface area contributed by atoms with E-state index in [9.17, 15) is 4.79 Å². The van der Waals surface area contributed by atoms with Gasteiger partial charge in [0.05, 0.1) is 12.7 Å². The van der Waals surface area contributed by atoms with Crippen molar-refractivity contribution < 1.29 is 23.0 Å². The molecule has 35 heavy (non-hydrogen) atoms. The number of carbonyl (C=O) groups excluding carboxylic acids is 1. The lowest BCUT2D eigenvalue weighted by Gasteiger charge is -2.31. The number of nitrogens with two attached hydrogens (primary N) is 1. The van der Waals surface area contributed by atoms with Crippen molar-refractivity contribution in [1.29, 1.82) is 0 Å². The van der Waals surface area contributed by atoms with Gasteiger partial charge in [-0.25, -0.2) is 4.31 Å². The smallest absolute Gasteiger partial charge is 0.298 e. The van der Waals surface area contributed by atoms with Gasteiger partial charge in [0, 0.05) is 10.5 Å². The maximum Gasteiger partial charge on any atom is 0.298 e. The van der Waals surface area contributed by atoms with Crippen LogP contribution >= 0.6 is 11.9 Å². The number of hydrogen-bond donors (Lipinski definition) is 1. The monoisotopic (exact) mass is 500 g/mol. The van der Waals surface area contributed by atoms with E-state index in [0.29, 0.717) is 12.4 Å². The molecule has 0 aliphatic heterocycles. The zero-order valence-electron chi connectivity index (χ0n) is 19.9. The summed E-state index contributed by atoms with van der Waals surface area (Å²) in [6.45, 7) is 2.24. The number of alkyl halides is 2. The number of halogens is 2. The molecule has 0 bridgehead atoms. The molecule has 1 aliphatic carbocycles. The van der Waals surface area contributed by atoms with Gasteiger partial charge in [-0.3, -0.25) is 4.79 Å². The lowest BCUT2D eigenvalue weighted by molar-refractivity contribution is -0.136. The zero-order valence-corrected chi connectivity index (χ0v) is 20.7. The number of fused-ring (bicyclic) bond motifs is 1. The van der Waals surface area contributed by atoms with Gasteiger partial charge in [0.25, 0.3) is 5.92 Å². The van der Waals surface area contributed by atoms with Crippen LogP contribution in [0.1, 0.15) is 38.2 Å². The normalized spacial score (nSPS) is 15.5. The molecule has 1 aliphatic rings. The fourth-order valence-electron chi connectivity index (χ4n) is 4.43. The average molecular weight is 501 g/mol. The topological polar surface area (TPSA) is 64.8 Å². The van der Waals surface area contributed by atoms with Crippen molar-refractivity contribution in [1.82, 2.24) is 4.31 Å². The molecule has 0 heterocycles. The van der Waals surface area contributed by atoms with Gasteiger partial charge in [-0.05, 0) is 111 Å². The highest BCUT2D eigenvalue weighted by atomic mass is 32.2. The molecule has 5 nitrogen and oxygen atoms in total. The number of nitrogens with zero attached hydrogens (tertiary/aromatic N) is 1. The van der Waals surface area contributed by atoms with Gasteiger partial charge < -0.3 is 15.2 Å². The lowest BCUT2D eigenvalue weighted by atomic mass is 10.0. The Morgan fingerprint density at radius 3 is 2.34 bits per heavy atom. The molecule has 4 rings (SSSR count). The molecule has 2 N–H and O–H groups in total. The van der Waals surface area contributed by atoms with Crippen LogP contribution in [0.15, 0.2) is 65.6 Å². The summed E-state index contributed by atoms with van der Waals surface area (Å²) in [5.74, 6) is -3.28. The van der Waals surface area contributed by atoms with Gasteiger partial charge in [-0.15, -0.1) is 0 Å². The highest BCUT2D eigenvalue weighted by Crippen LogP contribution is 2.39. The Morgan fingerprint density at radius 2 is 1.69 bits per heavy atom. The summed E-state index contributed by atoms with van der Waals surface area (Å²) in [6.07, 6.45) is 4.86. The molecule has 186 valence electrons. The first kappa shape index (κ1) is 25.3. The van der Waals surface area contributed by atoms with Crippen LogP contribution in [-0.2, 0) is 10.7 Å². The van der Waals surface area contributed by atoms with Crippen LogP contribution in [0.5, 0.6) is 11.5 Å². The molecule has 8 heteroatoms. The highest BCUT2D eigenvalue weighted by Gasteiger charge is 2.48. The van der Waals surface area contributed by atoms with Gasteiger partial charge in [0.1, 0.15) is 11.5 Å². The quantitative estimate of drug-likeness (QED) is 0.339. The molecule has 0 aromatic heterocycles. The molecule has 1 saturated carbocycles. The van der Waals surface area contributed by atoms with E-state index in [0.717, 1.165) is 46.2 Å². The van der Waals surface area contributed by atoms with Gasteiger partial charge >= 0.3 is 0 Å². The maximum atomic E-state index is 15.4. The van der Waals surface area contributed by atoms with Crippen LogP contribution in [-0.4, -0.2) is 36.0 Å². The summed E-state index contributed by atoms with van der Waals surface area (Å²) in [4.78, 5) is 12.9. The van der Waals surface area contributed by atoms with E-state index in [1.807, 2.05) is 43.3 Å². The van der Waals surface area contributed by atoms with E-state index in [2.05, 4.69) is 0 Å². The van der Waals surface area contributed by atoms with E-state index in [4.69, 9.17) is 15.2 Å². The van der Waals surface area contributed by atoms with Crippen molar-refractivity contribution in [2.45, 2.75) is 55.6 Å². The van der Waals surface area contributed by atoms with Crippen LogP contribution in [0.25, 0.3) is 10.8 Å². The predicted octanol–water partition coefficient (Wildman–Crippen LogP) is 6.14. The number of ether oxygens (including phenoxy) is 2. The van der Waals surface area contributed by atoms with Crippen LogP contribution in [0.2, 0.25) is 0 Å². The molecular weight excluding hydrogens is 470 g/mol. The van der Waals surface area contributed by atoms with Crippen molar-refractivity contribution in [3.8, 4) is 11.5 Å². The Morgan fingerprint density at radius 1 is 1.06 bits per heavy atom. The Balaban J connectivity index is 1.50. The third-order valence-electron chi connectivity index (χ3n) is 6.16. The van der Waals surface area contributed by atoms with E-state index in [1.54, 1.807) is 0 Å². The summed E-state index contributed by atoms with van der Waals surface area (Å²) in [7, 11) is 1.45. The minimum Gasteiger partial charge on any atom is -0.494 e. The van der Waals surface area contributed by atoms with Crippen LogP contribution in [0.4, 0.5) is 8.78 Å². The molecular formula is C27H30F2N2O3S.